The Labute approximate surface area is 187 Å². The third-order valence-electron chi connectivity index (χ3n) is 6.03. The number of fused-ring (bicyclic) bond motifs is 1. The zero-order chi connectivity index (χ0) is 22.7. The molecule has 166 valence electrons. The summed E-state index contributed by atoms with van der Waals surface area (Å²) in [5, 5.41) is 0.970. The van der Waals surface area contributed by atoms with E-state index in [-0.39, 0.29) is 17.7 Å². The molecule has 0 radical (unpaired) electrons. The summed E-state index contributed by atoms with van der Waals surface area (Å²) in [6.45, 7) is 5.42. The second-order valence-electron chi connectivity index (χ2n) is 8.12. The number of hydrogen-bond donors (Lipinski definition) is 1. The fourth-order valence-electron chi connectivity index (χ4n) is 4.22. The topological polar surface area (TPSA) is 85.8 Å². The predicted molar refractivity (Wildman–Crippen MR) is 125 cm³/mol. The molecule has 0 bridgehead atoms. The maximum Gasteiger partial charge on any atom is 0.246 e. The molecule has 6 heteroatoms. The van der Waals surface area contributed by atoms with Crippen LogP contribution in [0, 0.1) is 5.92 Å². The zero-order valence-corrected chi connectivity index (χ0v) is 18.5. The molecule has 6 nitrogen and oxygen atoms in total. The van der Waals surface area contributed by atoms with Crippen LogP contribution in [0.15, 0.2) is 59.2 Å². The van der Waals surface area contributed by atoms with Crippen LogP contribution in [0.2, 0.25) is 0 Å². The number of nitrogens with two attached hydrogens (primary N) is 1. The number of ether oxygens (including phenoxy) is 1. The number of likely N-dealkylation sites (tertiary alicyclic amines) is 1. The van der Waals surface area contributed by atoms with Crippen molar-refractivity contribution in [3.63, 3.8) is 0 Å². The van der Waals surface area contributed by atoms with Gasteiger partial charge in [0.2, 0.25) is 11.8 Å². The lowest BCUT2D eigenvalue weighted by Crippen LogP contribution is -2.41. The van der Waals surface area contributed by atoms with Crippen molar-refractivity contribution in [2.75, 3.05) is 19.7 Å². The van der Waals surface area contributed by atoms with Gasteiger partial charge in [0.15, 0.2) is 0 Å². The summed E-state index contributed by atoms with van der Waals surface area (Å²) in [5.41, 5.74) is 9.89. The molecule has 2 aromatic carbocycles. The van der Waals surface area contributed by atoms with E-state index in [1.165, 1.54) is 0 Å². The Bertz CT molecular complexity index is 1160. The summed E-state index contributed by atoms with van der Waals surface area (Å²) in [5.74, 6) is 0.188. The first-order valence-electron chi connectivity index (χ1n) is 11.0. The van der Waals surface area contributed by atoms with Crippen LogP contribution in [0.4, 0.5) is 0 Å². The molecule has 3 aromatic rings. The van der Waals surface area contributed by atoms with Gasteiger partial charge in [0.05, 0.1) is 12.9 Å². The first kappa shape index (κ1) is 21.7. The van der Waals surface area contributed by atoms with Gasteiger partial charge in [0.25, 0.3) is 0 Å². The number of carbonyl (C=O) groups is 2. The Morgan fingerprint density at radius 1 is 1.19 bits per heavy atom. The van der Waals surface area contributed by atoms with E-state index in [9.17, 15) is 9.59 Å². The second kappa shape index (κ2) is 9.30. The van der Waals surface area contributed by atoms with E-state index in [0.29, 0.717) is 38.3 Å². The number of hydrogen-bond acceptors (Lipinski definition) is 4. The molecular formula is C26H28N2O4. The number of nitrogens with zero attached hydrogens (tertiary/aromatic N) is 1. The quantitative estimate of drug-likeness (QED) is 0.576. The standard InChI is InChI=1S/C26H28N2O4/c1-3-31-23-15-24-21(22(16-32-24)18-7-5-4-6-8-18)14-20(23)17(2)13-25(29)28-11-9-19(10-12-28)26(27)30/h4-8,13-16,19H,3,9-12H2,1-2H3,(H2,27,30)/b17-13+. The molecule has 2 amide bonds. The predicted octanol–water partition coefficient (Wildman–Crippen LogP) is 4.63. The number of allylic oxidation sites excluding steroid dienone is 1. The van der Waals surface area contributed by atoms with Crippen LogP contribution < -0.4 is 10.5 Å². The second-order valence-corrected chi connectivity index (χ2v) is 8.12. The van der Waals surface area contributed by atoms with E-state index in [4.69, 9.17) is 14.9 Å². The van der Waals surface area contributed by atoms with Crippen molar-refractivity contribution in [1.82, 2.24) is 4.90 Å². The minimum atomic E-state index is -0.284. The highest BCUT2D eigenvalue weighted by Gasteiger charge is 2.25. The van der Waals surface area contributed by atoms with Crippen molar-refractivity contribution in [1.29, 1.82) is 0 Å². The highest BCUT2D eigenvalue weighted by Crippen LogP contribution is 2.37. The van der Waals surface area contributed by atoms with E-state index in [2.05, 4.69) is 0 Å². The smallest absolute Gasteiger partial charge is 0.246 e. The van der Waals surface area contributed by atoms with Crippen LogP contribution in [0.1, 0.15) is 32.3 Å². The monoisotopic (exact) mass is 432 g/mol. The normalized spacial score (nSPS) is 15.2. The van der Waals surface area contributed by atoms with Gasteiger partial charge in [-0.05, 0) is 43.9 Å². The molecule has 2 N–H and O–H groups in total. The lowest BCUT2D eigenvalue weighted by atomic mass is 9.96. The molecular weight excluding hydrogens is 404 g/mol. The Balaban J connectivity index is 1.66. The lowest BCUT2D eigenvalue weighted by Gasteiger charge is -2.30. The minimum absolute atomic E-state index is 0.0663. The number of rotatable bonds is 6. The maximum atomic E-state index is 12.9. The third kappa shape index (κ3) is 4.40. The van der Waals surface area contributed by atoms with Gasteiger partial charge in [-0.1, -0.05) is 30.3 Å². The number of benzene rings is 2. The van der Waals surface area contributed by atoms with Crippen LogP contribution in [0.3, 0.4) is 0 Å². The number of primary amides is 1. The van der Waals surface area contributed by atoms with Crippen LogP contribution >= 0.6 is 0 Å². The van der Waals surface area contributed by atoms with Gasteiger partial charge >= 0.3 is 0 Å². The average molecular weight is 433 g/mol. The van der Waals surface area contributed by atoms with Crippen LogP contribution in [-0.2, 0) is 9.59 Å². The number of carbonyl (C=O) groups excluding carboxylic acids is 2. The van der Waals surface area contributed by atoms with Crippen LogP contribution in [0.5, 0.6) is 5.75 Å². The summed E-state index contributed by atoms with van der Waals surface area (Å²) in [4.78, 5) is 26.1. The summed E-state index contributed by atoms with van der Waals surface area (Å²) < 4.78 is 11.7. The number of piperidine rings is 1. The molecule has 1 aliphatic heterocycles. The maximum absolute atomic E-state index is 12.9. The number of furan rings is 1. The first-order chi connectivity index (χ1) is 15.5. The van der Waals surface area contributed by atoms with E-state index in [1.54, 1.807) is 17.2 Å². The molecule has 0 aliphatic carbocycles. The highest BCUT2D eigenvalue weighted by molar-refractivity contribution is 6.00. The molecule has 0 atom stereocenters. The van der Waals surface area contributed by atoms with Crippen molar-refractivity contribution < 1.29 is 18.7 Å². The van der Waals surface area contributed by atoms with Gasteiger partial charge in [-0.3, -0.25) is 9.59 Å². The van der Waals surface area contributed by atoms with Crippen LogP contribution in [0.25, 0.3) is 27.7 Å². The SMILES string of the molecule is CCOc1cc2occ(-c3ccccc3)c2cc1/C(C)=C/C(=O)N1CCC(C(N)=O)CC1. The Kier molecular flexibility index (Phi) is 6.30. The molecule has 1 saturated heterocycles. The van der Waals surface area contributed by atoms with Crippen molar-refractivity contribution in [3.8, 4) is 16.9 Å². The van der Waals surface area contributed by atoms with Gasteiger partial charge in [0, 0.05) is 47.7 Å². The first-order valence-corrected chi connectivity index (χ1v) is 11.0. The van der Waals surface area contributed by atoms with Gasteiger partial charge < -0.3 is 19.8 Å². The van der Waals surface area contributed by atoms with Gasteiger partial charge in [-0.25, -0.2) is 0 Å². The van der Waals surface area contributed by atoms with E-state index in [1.807, 2.05) is 56.3 Å². The zero-order valence-electron chi connectivity index (χ0n) is 18.5. The van der Waals surface area contributed by atoms with E-state index in [0.717, 1.165) is 33.2 Å². The molecule has 0 saturated carbocycles. The summed E-state index contributed by atoms with van der Waals surface area (Å²) in [6.07, 6.45) is 4.63. The molecule has 32 heavy (non-hydrogen) atoms. The van der Waals surface area contributed by atoms with Crippen molar-refractivity contribution in [2.45, 2.75) is 26.7 Å². The Morgan fingerprint density at radius 2 is 1.91 bits per heavy atom. The fourth-order valence-corrected chi connectivity index (χ4v) is 4.22. The van der Waals surface area contributed by atoms with Gasteiger partial charge in [-0.2, -0.15) is 0 Å². The lowest BCUT2D eigenvalue weighted by molar-refractivity contribution is -0.130. The van der Waals surface area contributed by atoms with Gasteiger partial charge in [0.1, 0.15) is 11.3 Å². The fraction of sp³-hybridized carbons (Fsp3) is 0.308. The molecule has 1 aromatic heterocycles. The highest BCUT2D eigenvalue weighted by atomic mass is 16.5. The summed E-state index contributed by atoms with van der Waals surface area (Å²) >= 11 is 0. The average Bonchev–Trinajstić information content (AvgIpc) is 3.22. The minimum Gasteiger partial charge on any atom is -0.493 e. The summed E-state index contributed by atoms with van der Waals surface area (Å²) in [6, 6.07) is 14.0. The van der Waals surface area contributed by atoms with E-state index >= 15 is 0 Å². The van der Waals surface area contributed by atoms with Crippen molar-refractivity contribution in [2.24, 2.45) is 11.7 Å². The molecule has 4 rings (SSSR count). The molecule has 0 unspecified atom stereocenters. The van der Waals surface area contributed by atoms with Crippen molar-refractivity contribution in [3.05, 3.63) is 60.4 Å². The number of amides is 2. The Morgan fingerprint density at radius 3 is 2.56 bits per heavy atom. The molecule has 0 spiro atoms. The molecule has 1 aliphatic rings. The molecule has 1 fully saturated rings. The van der Waals surface area contributed by atoms with Gasteiger partial charge in [-0.15, -0.1) is 0 Å². The van der Waals surface area contributed by atoms with Crippen molar-refractivity contribution >= 4 is 28.4 Å². The summed E-state index contributed by atoms with van der Waals surface area (Å²) in [7, 11) is 0. The van der Waals surface area contributed by atoms with E-state index < -0.39 is 0 Å². The molecule has 2 heterocycles. The Hall–Kier alpha value is -3.54. The largest absolute Gasteiger partial charge is 0.493 e. The third-order valence-corrected chi connectivity index (χ3v) is 6.03. The van der Waals surface area contributed by atoms with Crippen LogP contribution in [-0.4, -0.2) is 36.4 Å².